The molecule has 2 aromatic rings. The first-order valence-corrected chi connectivity index (χ1v) is 4.42. The molecule has 1 heterocycles. The fraction of sp³-hybridized carbons (Fsp3) is 0.0909. The molecular formula is C11H10N2O. The number of H-pyrrole nitrogens is 1. The predicted octanol–water partition coefficient (Wildman–Crippen LogP) is 1.84. The molecule has 0 atom stereocenters. The maximum atomic E-state index is 11.7. The first-order valence-electron chi connectivity index (χ1n) is 4.42. The van der Waals surface area contributed by atoms with Crippen molar-refractivity contribution >= 4 is 5.78 Å². The van der Waals surface area contributed by atoms with Gasteiger partial charge in [0.1, 0.15) is 0 Å². The van der Waals surface area contributed by atoms with E-state index in [4.69, 9.17) is 0 Å². The molecule has 1 N–H and O–H groups in total. The van der Waals surface area contributed by atoms with E-state index in [-0.39, 0.29) is 5.78 Å². The largest absolute Gasteiger partial charge is 0.294 e. The molecule has 0 aliphatic rings. The Kier molecular flexibility index (Phi) is 2.40. The fourth-order valence-corrected chi connectivity index (χ4v) is 1.29. The standard InChI is InChI=1S/C11H10N2O/c14-11(6-9-7-12-13-8-9)10-4-2-1-3-5-10/h1-5,7-8H,6H2,(H,12,13)/i6+1,9+1. The fourth-order valence-electron chi connectivity index (χ4n) is 1.29. The van der Waals surface area contributed by atoms with Crippen LogP contribution in [0.15, 0.2) is 42.7 Å². The Balaban J connectivity index is 2.11. The average Bonchev–Trinajstić information content (AvgIpc) is 2.72. The number of aromatic nitrogens is 2. The summed E-state index contributed by atoms with van der Waals surface area (Å²) in [5.41, 5.74) is 1.66. The molecule has 0 aliphatic heterocycles. The van der Waals surface area contributed by atoms with Crippen LogP contribution in [0.5, 0.6) is 0 Å². The molecule has 0 fully saturated rings. The molecule has 2 rings (SSSR count). The zero-order valence-corrected chi connectivity index (χ0v) is 7.60. The molecule has 0 bridgehead atoms. The number of benzene rings is 1. The molecule has 0 amide bonds. The Hall–Kier alpha value is -1.90. The maximum absolute atomic E-state index is 11.7. The molecule has 1 aromatic heterocycles. The molecule has 0 radical (unpaired) electrons. The van der Waals surface area contributed by atoms with Crippen LogP contribution in [0, 0.1) is 0 Å². The molecule has 0 aliphatic carbocycles. The summed E-state index contributed by atoms with van der Waals surface area (Å²) in [6.45, 7) is 0. The number of ketones is 1. The SMILES string of the molecule is O=C([13CH2][13c]1cn[nH]c1)c1ccccc1. The van der Waals surface area contributed by atoms with E-state index >= 15 is 0 Å². The van der Waals surface area contributed by atoms with E-state index in [1.165, 1.54) is 0 Å². The van der Waals surface area contributed by atoms with Crippen molar-refractivity contribution in [3.63, 3.8) is 0 Å². The van der Waals surface area contributed by atoms with Gasteiger partial charge in [-0.15, -0.1) is 0 Å². The van der Waals surface area contributed by atoms with Crippen molar-refractivity contribution in [2.45, 2.75) is 6.42 Å². The summed E-state index contributed by atoms with van der Waals surface area (Å²) < 4.78 is 0. The molecular weight excluding hydrogens is 178 g/mol. The van der Waals surface area contributed by atoms with Crippen LogP contribution in [-0.4, -0.2) is 16.0 Å². The van der Waals surface area contributed by atoms with Crippen molar-refractivity contribution in [3.8, 4) is 0 Å². The highest BCUT2D eigenvalue weighted by Gasteiger charge is 2.06. The van der Waals surface area contributed by atoms with Crippen molar-refractivity contribution in [2.24, 2.45) is 0 Å². The van der Waals surface area contributed by atoms with Crippen molar-refractivity contribution < 1.29 is 4.79 Å². The van der Waals surface area contributed by atoms with E-state index in [1.54, 1.807) is 12.4 Å². The lowest BCUT2D eigenvalue weighted by Crippen LogP contribution is -2.02. The smallest absolute Gasteiger partial charge is 0.167 e. The maximum Gasteiger partial charge on any atom is 0.167 e. The van der Waals surface area contributed by atoms with E-state index in [0.29, 0.717) is 6.42 Å². The van der Waals surface area contributed by atoms with Gasteiger partial charge in [0.05, 0.1) is 6.20 Å². The Morgan fingerprint density at radius 2 is 2.07 bits per heavy atom. The van der Waals surface area contributed by atoms with Crippen molar-refractivity contribution in [1.82, 2.24) is 10.2 Å². The average molecular weight is 188 g/mol. The lowest BCUT2D eigenvalue weighted by Gasteiger charge is -1.97. The third kappa shape index (κ3) is 1.88. The number of hydrogen-bond donors (Lipinski definition) is 1. The van der Waals surface area contributed by atoms with Gasteiger partial charge in [-0.25, -0.2) is 0 Å². The first kappa shape index (κ1) is 8.69. The van der Waals surface area contributed by atoms with Crippen molar-refractivity contribution in [3.05, 3.63) is 53.9 Å². The zero-order valence-electron chi connectivity index (χ0n) is 7.60. The lowest BCUT2D eigenvalue weighted by atomic mass is 10.2. The normalized spacial score (nSPS) is 10.0. The van der Waals surface area contributed by atoms with Gasteiger partial charge in [0.25, 0.3) is 0 Å². The number of carbonyl (C=O) groups is 1. The number of hydrogen-bond acceptors (Lipinski definition) is 2. The van der Waals surface area contributed by atoms with Gasteiger partial charge >= 0.3 is 0 Å². The third-order valence-electron chi connectivity index (χ3n) is 2.02. The number of Topliss-reactive ketones (excluding diaryl/α,β-unsaturated/α-hetero) is 1. The van der Waals surface area contributed by atoms with Gasteiger partial charge in [0.15, 0.2) is 5.78 Å². The molecule has 14 heavy (non-hydrogen) atoms. The summed E-state index contributed by atoms with van der Waals surface area (Å²) in [5, 5.41) is 6.48. The highest BCUT2D eigenvalue weighted by atomic mass is 16.1. The Labute approximate surface area is 81.8 Å². The first-order chi connectivity index (χ1) is 6.86. The summed E-state index contributed by atoms with van der Waals surface area (Å²) in [6.07, 6.45) is 3.81. The summed E-state index contributed by atoms with van der Waals surface area (Å²) in [7, 11) is 0. The van der Waals surface area contributed by atoms with E-state index in [9.17, 15) is 4.79 Å². The van der Waals surface area contributed by atoms with Gasteiger partial charge in [-0.05, 0) is 5.56 Å². The summed E-state index contributed by atoms with van der Waals surface area (Å²) in [5.74, 6) is 0.118. The highest BCUT2D eigenvalue weighted by molar-refractivity contribution is 5.97. The quantitative estimate of drug-likeness (QED) is 0.590. The van der Waals surface area contributed by atoms with Gasteiger partial charge in [0.2, 0.25) is 0 Å². The molecule has 70 valence electrons. The number of nitrogens with one attached hydrogen (secondary N) is 1. The Bertz CT molecular complexity index is 406. The second kappa shape index (κ2) is 3.87. The van der Waals surface area contributed by atoms with Crippen molar-refractivity contribution in [2.75, 3.05) is 0 Å². The van der Waals surface area contributed by atoms with E-state index in [0.717, 1.165) is 11.1 Å². The van der Waals surface area contributed by atoms with Crippen LogP contribution < -0.4 is 0 Å². The Morgan fingerprint density at radius 1 is 1.29 bits per heavy atom. The van der Waals surface area contributed by atoms with Gasteiger partial charge in [0, 0.05) is 18.2 Å². The Morgan fingerprint density at radius 3 is 2.71 bits per heavy atom. The molecule has 0 unspecified atom stereocenters. The minimum Gasteiger partial charge on any atom is -0.294 e. The van der Waals surface area contributed by atoms with Crippen LogP contribution in [0.4, 0.5) is 0 Å². The van der Waals surface area contributed by atoms with Gasteiger partial charge in [-0.1, -0.05) is 30.3 Å². The minimum absolute atomic E-state index is 0.118. The lowest BCUT2D eigenvalue weighted by molar-refractivity contribution is 0.0993. The van der Waals surface area contributed by atoms with Gasteiger partial charge in [-0.2, -0.15) is 5.10 Å². The number of rotatable bonds is 3. The van der Waals surface area contributed by atoms with Crippen LogP contribution in [0.1, 0.15) is 15.9 Å². The molecule has 0 saturated carbocycles. The number of aromatic amines is 1. The van der Waals surface area contributed by atoms with E-state index in [1.807, 2.05) is 30.3 Å². The topological polar surface area (TPSA) is 45.8 Å². The van der Waals surface area contributed by atoms with Crippen LogP contribution in [-0.2, 0) is 6.42 Å². The van der Waals surface area contributed by atoms with E-state index in [2.05, 4.69) is 10.2 Å². The molecule has 1 aromatic carbocycles. The van der Waals surface area contributed by atoms with Gasteiger partial charge in [-0.3, -0.25) is 9.89 Å². The zero-order chi connectivity index (χ0) is 9.80. The van der Waals surface area contributed by atoms with Crippen LogP contribution in [0.25, 0.3) is 0 Å². The summed E-state index contributed by atoms with van der Waals surface area (Å²) in [4.78, 5) is 11.7. The van der Waals surface area contributed by atoms with Gasteiger partial charge < -0.3 is 0 Å². The second-order valence-corrected chi connectivity index (χ2v) is 3.07. The monoisotopic (exact) mass is 188 g/mol. The summed E-state index contributed by atoms with van der Waals surface area (Å²) in [6, 6.07) is 9.27. The predicted molar refractivity (Wildman–Crippen MR) is 53.1 cm³/mol. The van der Waals surface area contributed by atoms with Crippen LogP contribution >= 0.6 is 0 Å². The van der Waals surface area contributed by atoms with Crippen LogP contribution in [0.3, 0.4) is 0 Å². The minimum atomic E-state index is 0.118. The third-order valence-corrected chi connectivity index (χ3v) is 2.02. The number of nitrogens with zero attached hydrogens (tertiary/aromatic N) is 1. The molecule has 3 nitrogen and oxygen atoms in total. The second-order valence-electron chi connectivity index (χ2n) is 3.07. The molecule has 3 heteroatoms. The molecule has 0 spiro atoms. The van der Waals surface area contributed by atoms with E-state index < -0.39 is 0 Å². The van der Waals surface area contributed by atoms with Crippen molar-refractivity contribution in [1.29, 1.82) is 0 Å². The summed E-state index contributed by atoms with van der Waals surface area (Å²) >= 11 is 0. The molecule has 0 saturated heterocycles. The number of carbonyl (C=O) groups excluding carboxylic acids is 1. The highest BCUT2D eigenvalue weighted by Crippen LogP contribution is 2.05. The van der Waals surface area contributed by atoms with Crippen LogP contribution in [0.2, 0.25) is 0 Å².